The Balaban J connectivity index is 1.57. The molecule has 3 rings (SSSR count). The van der Waals surface area contributed by atoms with E-state index in [0.717, 1.165) is 0 Å². The zero-order valence-electron chi connectivity index (χ0n) is 14.3. The molecule has 2 aromatic carbocycles. The van der Waals surface area contributed by atoms with Crippen LogP contribution in [0.1, 0.15) is 6.92 Å². The molecule has 1 heterocycles. The Kier molecular flexibility index (Phi) is 5.28. The first kappa shape index (κ1) is 18.7. The molecule has 0 saturated heterocycles. The summed E-state index contributed by atoms with van der Waals surface area (Å²) in [5.41, 5.74) is 1.06. The third-order valence-corrected chi connectivity index (χ3v) is 4.97. The fourth-order valence-corrected chi connectivity index (χ4v) is 3.33. The van der Waals surface area contributed by atoms with Gasteiger partial charge in [-0.2, -0.15) is 0 Å². The summed E-state index contributed by atoms with van der Waals surface area (Å²) in [5.74, 6) is 0.0623. The number of hydrogen-bond acceptors (Lipinski definition) is 6. The number of carbonyl (C=O) groups excluding carboxylic acids is 2. The highest BCUT2D eigenvalue weighted by molar-refractivity contribution is 7.89. The molecule has 1 aliphatic heterocycles. The lowest BCUT2D eigenvalue weighted by atomic mass is 10.2. The van der Waals surface area contributed by atoms with E-state index in [9.17, 15) is 18.0 Å². The van der Waals surface area contributed by atoms with Crippen LogP contribution >= 0.6 is 0 Å². The van der Waals surface area contributed by atoms with Crippen LogP contribution in [0, 0.1) is 0 Å². The average molecular weight is 391 g/mol. The Morgan fingerprint density at radius 3 is 2.26 bits per heavy atom. The van der Waals surface area contributed by atoms with Crippen LogP contribution in [-0.2, 0) is 19.6 Å². The lowest BCUT2D eigenvalue weighted by Crippen LogP contribution is -2.32. The van der Waals surface area contributed by atoms with E-state index >= 15 is 0 Å². The average Bonchev–Trinajstić information content (AvgIpc) is 3.09. The maximum absolute atomic E-state index is 12.3. The number of benzene rings is 2. The number of amides is 2. The van der Waals surface area contributed by atoms with Gasteiger partial charge in [-0.1, -0.05) is 0 Å². The minimum atomic E-state index is -3.88. The molecule has 0 spiro atoms. The first-order valence-corrected chi connectivity index (χ1v) is 9.39. The fraction of sp³-hybridized carbons (Fsp3) is 0.176. The van der Waals surface area contributed by atoms with Crippen molar-refractivity contribution in [3.63, 3.8) is 0 Å². The zero-order valence-corrected chi connectivity index (χ0v) is 15.1. The van der Waals surface area contributed by atoms with Crippen LogP contribution in [0.25, 0.3) is 0 Å². The Bertz CT molecular complexity index is 973. The molecule has 0 fully saturated rings. The van der Waals surface area contributed by atoms with Crippen molar-refractivity contribution >= 4 is 33.2 Å². The van der Waals surface area contributed by atoms with Crippen molar-refractivity contribution in [1.82, 2.24) is 4.72 Å². The number of anilines is 2. The Labute approximate surface area is 155 Å². The quantitative estimate of drug-likeness (QED) is 0.682. The van der Waals surface area contributed by atoms with Gasteiger partial charge >= 0.3 is 0 Å². The Morgan fingerprint density at radius 1 is 0.963 bits per heavy atom. The Hall–Kier alpha value is -3.11. The van der Waals surface area contributed by atoms with Gasteiger partial charge in [-0.05, 0) is 36.4 Å². The van der Waals surface area contributed by atoms with Crippen molar-refractivity contribution in [3.8, 4) is 11.5 Å². The molecule has 0 unspecified atom stereocenters. The molecular weight excluding hydrogens is 374 g/mol. The minimum absolute atomic E-state index is 0.0285. The van der Waals surface area contributed by atoms with E-state index < -0.39 is 22.5 Å². The highest BCUT2D eigenvalue weighted by Crippen LogP contribution is 2.33. The number of carbonyl (C=O) groups is 2. The van der Waals surface area contributed by atoms with Gasteiger partial charge in [0.2, 0.25) is 28.6 Å². The molecule has 2 amide bonds. The molecule has 0 bridgehead atoms. The molecular formula is C17H17N3O6S. The van der Waals surface area contributed by atoms with Gasteiger partial charge in [-0.3, -0.25) is 9.59 Å². The van der Waals surface area contributed by atoms with E-state index in [-0.39, 0.29) is 17.6 Å². The summed E-state index contributed by atoms with van der Waals surface area (Å²) < 4.78 is 37.1. The second kappa shape index (κ2) is 7.64. The molecule has 10 heteroatoms. The first-order valence-electron chi connectivity index (χ1n) is 7.90. The molecule has 0 saturated carbocycles. The van der Waals surface area contributed by atoms with Crippen LogP contribution in [0.4, 0.5) is 11.4 Å². The summed E-state index contributed by atoms with van der Waals surface area (Å²) in [4.78, 5) is 22.9. The van der Waals surface area contributed by atoms with E-state index in [4.69, 9.17) is 9.47 Å². The zero-order chi connectivity index (χ0) is 19.4. The second-order valence-corrected chi connectivity index (χ2v) is 7.41. The third kappa shape index (κ3) is 4.74. The highest BCUT2D eigenvalue weighted by Gasteiger charge is 2.20. The SMILES string of the molecule is CC(=O)Nc1ccc(NC(=O)CNS(=O)(=O)c2ccc3c(c2)OCO3)cc1. The summed E-state index contributed by atoms with van der Waals surface area (Å²) in [5, 5.41) is 5.17. The van der Waals surface area contributed by atoms with E-state index in [1.54, 1.807) is 24.3 Å². The van der Waals surface area contributed by atoms with Crippen molar-refractivity contribution in [2.24, 2.45) is 0 Å². The standard InChI is InChI=1S/C17H17N3O6S/c1-11(21)19-12-2-4-13(5-3-12)20-17(22)9-18-27(23,24)14-6-7-15-16(8-14)26-10-25-15/h2-8,18H,9-10H2,1H3,(H,19,21)(H,20,22). The molecule has 3 N–H and O–H groups in total. The van der Waals surface area contributed by atoms with Gasteiger partial charge in [-0.25, -0.2) is 13.1 Å². The lowest BCUT2D eigenvalue weighted by molar-refractivity contribution is -0.115. The predicted molar refractivity (Wildman–Crippen MR) is 97.1 cm³/mol. The number of fused-ring (bicyclic) bond motifs is 1. The molecule has 0 aromatic heterocycles. The van der Waals surface area contributed by atoms with E-state index in [1.807, 2.05) is 0 Å². The maximum Gasteiger partial charge on any atom is 0.241 e. The van der Waals surface area contributed by atoms with Crippen LogP contribution in [-0.4, -0.2) is 33.6 Å². The van der Waals surface area contributed by atoms with Crippen molar-refractivity contribution in [2.45, 2.75) is 11.8 Å². The summed E-state index contributed by atoms with van der Waals surface area (Å²) in [6.45, 7) is 0.988. The molecule has 0 atom stereocenters. The number of sulfonamides is 1. The van der Waals surface area contributed by atoms with Crippen molar-refractivity contribution in [1.29, 1.82) is 0 Å². The topological polar surface area (TPSA) is 123 Å². The normalized spacial score (nSPS) is 12.5. The van der Waals surface area contributed by atoms with Crippen LogP contribution < -0.4 is 24.8 Å². The fourth-order valence-electron chi connectivity index (χ4n) is 2.33. The Morgan fingerprint density at radius 2 is 1.59 bits per heavy atom. The molecule has 0 radical (unpaired) electrons. The summed E-state index contributed by atoms with van der Waals surface area (Å²) >= 11 is 0. The van der Waals surface area contributed by atoms with Crippen LogP contribution in [0.3, 0.4) is 0 Å². The summed E-state index contributed by atoms with van der Waals surface area (Å²) in [6, 6.07) is 10.6. The van der Waals surface area contributed by atoms with E-state index in [0.29, 0.717) is 22.9 Å². The van der Waals surface area contributed by atoms with Crippen LogP contribution in [0.2, 0.25) is 0 Å². The molecule has 2 aromatic rings. The molecule has 142 valence electrons. The number of hydrogen-bond donors (Lipinski definition) is 3. The largest absolute Gasteiger partial charge is 0.454 e. The van der Waals surface area contributed by atoms with Gasteiger partial charge < -0.3 is 20.1 Å². The van der Waals surface area contributed by atoms with Gasteiger partial charge in [0.25, 0.3) is 0 Å². The number of ether oxygens (including phenoxy) is 2. The molecule has 1 aliphatic rings. The second-order valence-electron chi connectivity index (χ2n) is 5.65. The number of rotatable bonds is 6. The highest BCUT2D eigenvalue weighted by atomic mass is 32.2. The van der Waals surface area contributed by atoms with Crippen molar-refractivity contribution in [2.75, 3.05) is 24.0 Å². The van der Waals surface area contributed by atoms with Gasteiger partial charge in [0, 0.05) is 24.4 Å². The monoisotopic (exact) mass is 391 g/mol. The van der Waals surface area contributed by atoms with E-state index in [1.165, 1.54) is 25.1 Å². The molecule has 9 nitrogen and oxygen atoms in total. The third-order valence-electron chi connectivity index (χ3n) is 3.57. The maximum atomic E-state index is 12.3. The predicted octanol–water partition coefficient (Wildman–Crippen LogP) is 1.29. The summed E-state index contributed by atoms with van der Waals surface area (Å²) in [6.07, 6.45) is 0. The van der Waals surface area contributed by atoms with Gasteiger partial charge in [-0.15, -0.1) is 0 Å². The minimum Gasteiger partial charge on any atom is -0.454 e. The molecule has 27 heavy (non-hydrogen) atoms. The first-order chi connectivity index (χ1) is 12.8. The molecule has 0 aliphatic carbocycles. The van der Waals surface area contributed by atoms with Crippen LogP contribution in [0.5, 0.6) is 11.5 Å². The van der Waals surface area contributed by atoms with Crippen LogP contribution in [0.15, 0.2) is 47.4 Å². The van der Waals surface area contributed by atoms with Gasteiger partial charge in [0.05, 0.1) is 11.4 Å². The number of nitrogens with one attached hydrogen (secondary N) is 3. The van der Waals surface area contributed by atoms with Crippen molar-refractivity contribution in [3.05, 3.63) is 42.5 Å². The van der Waals surface area contributed by atoms with Gasteiger partial charge in [0.15, 0.2) is 11.5 Å². The van der Waals surface area contributed by atoms with Gasteiger partial charge in [0.1, 0.15) is 0 Å². The summed E-state index contributed by atoms with van der Waals surface area (Å²) in [7, 11) is -3.88. The smallest absolute Gasteiger partial charge is 0.241 e. The van der Waals surface area contributed by atoms with E-state index in [2.05, 4.69) is 15.4 Å². The lowest BCUT2D eigenvalue weighted by Gasteiger charge is -2.09. The van der Waals surface area contributed by atoms with Crippen molar-refractivity contribution < 1.29 is 27.5 Å².